The predicted octanol–water partition coefficient (Wildman–Crippen LogP) is 2.06. The van der Waals surface area contributed by atoms with Crippen molar-refractivity contribution in [1.29, 1.82) is 0 Å². The molecular weight excluding hydrogens is 330 g/mol. The van der Waals surface area contributed by atoms with E-state index in [4.69, 9.17) is 19.8 Å². The van der Waals surface area contributed by atoms with Crippen LogP contribution in [-0.4, -0.2) is 27.3 Å². The normalized spacial score (nSPS) is 8.24. The number of hydrogen-bond donors (Lipinski definition) is 3. The van der Waals surface area contributed by atoms with Crippen molar-refractivity contribution in [3.8, 4) is 5.75 Å². The maximum absolute atomic E-state index is 10.9. The first-order valence-electron chi connectivity index (χ1n) is 5.80. The van der Waals surface area contributed by atoms with E-state index in [2.05, 4.69) is 0 Å². The zero-order valence-electron chi connectivity index (χ0n) is 12.7. The number of aliphatic carboxylic acids is 2. The predicted molar refractivity (Wildman–Crippen MR) is 75.1 cm³/mol. The summed E-state index contributed by atoms with van der Waals surface area (Å²) < 4.78 is 0. The second-order valence-corrected chi connectivity index (χ2v) is 4.11. The maximum Gasteiger partial charge on any atom is 0.300 e. The van der Waals surface area contributed by atoms with Gasteiger partial charge in [-0.15, -0.1) is 0 Å². The summed E-state index contributed by atoms with van der Waals surface area (Å²) >= 11 is 0. The second kappa shape index (κ2) is 13.2. The Morgan fingerprint density at radius 3 is 1.76 bits per heavy atom. The SMILES string of the molecule is CC(=O)O.CC(=O)O.CC(C)c1cccc(=O)c(O)c1.[Zn]. The van der Waals surface area contributed by atoms with Crippen molar-refractivity contribution >= 4 is 11.9 Å². The Hall–Kier alpha value is -1.75. The summed E-state index contributed by atoms with van der Waals surface area (Å²) in [6.07, 6.45) is 0. The molecule has 0 aliphatic heterocycles. The molecule has 0 aliphatic carbocycles. The number of carboxylic acids is 2. The summed E-state index contributed by atoms with van der Waals surface area (Å²) in [6.45, 7) is 6.19. The standard InChI is InChI=1S/C10H12O2.2C2H4O2.Zn/c1-7(2)8-4-3-5-9(11)10(12)6-8;2*1-2(3)4;/h3-7H,1-2H3,(H,11,12);2*1H3,(H,3,4);. The molecule has 0 bridgehead atoms. The smallest absolute Gasteiger partial charge is 0.300 e. The molecule has 1 rings (SSSR count). The van der Waals surface area contributed by atoms with E-state index in [0.717, 1.165) is 19.4 Å². The largest absolute Gasteiger partial charge is 0.504 e. The van der Waals surface area contributed by atoms with Crippen molar-refractivity contribution < 1.29 is 44.4 Å². The first-order chi connectivity index (χ1) is 9.07. The van der Waals surface area contributed by atoms with Gasteiger partial charge >= 0.3 is 0 Å². The monoisotopic (exact) mass is 348 g/mol. The Labute approximate surface area is 136 Å². The van der Waals surface area contributed by atoms with Crippen LogP contribution in [0.5, 0.6) is 5.75 Å². The molecular formula is C14H20O6Zn. The molecule has 0 amide bonds. The quantitative estimate of drug-likeness (QED) is 0.669. The third-order valence-electron chi connectivity index (χ3n) is 1.76. The molecule has 1 aromatic rings. The van der Waals surface area contributed by atoms with Crippen molar-refractivity contribution in [3.05, 3.63) is 40.1 Å². The van der Waals surface area contributed by atoms with E-state index >= 15 is 0 Å². The van der Waals surface area contributed by atoms with Gasteiger partial charge in [0.05, 0.1) is 0 Å². The Balaban J connectivity index is -0.000000304. The maximum atomic E-state index is 10.9. The van der Waals surface area contributed by atoms with Gasteiger partial charge in [-0.2, -0.15) is 0 Å². The van der Waals surface area contributed by atoms with E-state index in [-0.39, 0.29) is 30.7 Å². The Morgan fingerprint density at radius 1 is 1.05 bits per heavy atom. The molecule has 0 saturated heterocycles. The summed E-state index contributed by atoms with van der Waals surface area (Å²) in [5.74, 6) is -1.52. The number of carboxylic acid groups (broad SMARTS) is 2. The molecule has 0 radical (unpaired) electrons. The Kier molecular flexibility index (Phi) is 15.3. The summed E-state index contributed by atoms with van der Waals surface area (Å²) in [7, 11) is 0. The van der Waals surface area contributed by atoms with Crippen LogP contribution < -0.4 is 5.43 Å². The van der Waals surface area contributed by atoms with Gasteiger partial charge in [0.15, 0.2) is 5.75 Å². The van der Waals surface area contributed by atoms with Crippen LogP contribution in [0.4, 0.5) is 0 Å². The number of hydrogen-bond acceptors (Lipinski definition) is 4. The van der Waals surface area contributed by atoms with Gasteiger partial charge in [0.1, 0.15) is 0 Å². The third-order valence-corrected chi connectivity index (χ3v) is 1.76. The first kappa shape index (κ1) is 24.3. The van der Waals surface area contributed by atoms with Crippen LogP contribution in [-0.2, 0) is 29.1 Å². The number of carbonyl (C=O) groups is 2. The van der Waals surface area contributed by atoms with E-state index in [0.29, 0.717) is 5.92 Å². The van der Waals surface area contributed by atoms with Crippen LogP contribution in [0.15, 0.2) is 29.1 Å². The second-order valence-electron chi connectivity index (χ2n) is 4.11. The average Bonchev–Trinajstić information content (AvgIpc) is 2.40. The minimum absolute atomic E-state index is 0. The van der Waals surface area contributed by atoms with Crippen molar-refractivity contribution in [1.82, 2.24) is 0 Å². The molecule has 114 valence electrons. The van der Waals surface area contributed by atoms with Gasteiger partial charge in [-0.25, -0.2) is 0 Å². The van der Waals surface area contributed by atoms with Gasteiger partial charge in [-0.1, -0.05) is 26.0 Å². The molecule has 0 fully saturated rings. The average molecular weight is 350 g/mol. The van der Waals surface area contributed by atoms with Crippen molar-refractivity contribution in [3.63, 3.8) is 0 Å². The van der Waals surface area contributed by atoms with Crippen LogP contribution in [0, 0.1) is 0 Å². The molecule has 3 N–H and O–H groups in total. The van der Waals surface area contributed by atoms with E-state index in [1.807, 2.05) is 19.9 Å². The summed E-state index contributed by atoms with van der Waals surface area (Å²) in [5, 5.41) is 24.0. The minimum Gasteiger partial charge on any atom is -0.504 e. The summed E-state index contributed by atoms with van der Waals surface area (Å²) in [4.78, 5) is 28.9. The van der Waals surface area contributed by atoms with E-state index in [1.54, 1.807) is 6.07 Å². The Bertz CT molecular complexity index is 479. The molecule has 0 saturated carbocycles. The minimum atomic E-state index is -0.833. The number of rotatable bonds is 1. The zero-order valence-corrected chi connectivity index (χ0v) is 15.6. The van der Waals surface area contributed by atoms with Gasteiger partial charge in [0.25, 0.3) is 11.9 Å². The van der Waals surface area contributed by atoms with E-state index in [9.17, 15) is 9.90 Å². The molecule has 0 heterocycles. The molecule has 0 spiro atoms. The first-order valence-corrected chi connectivity index (χ1v) is 5.80. The van der Waals surface area contributed by atoms with Crippen LogP contribution >= 0.6 is 0 Å². The molecule has 0 unspecified atom stereocenters. The molecule has 0 atom stereocenters. The fourth-order valence-corrected chi connectivity index (χ4v) is 0.968. The molecule has 6 nitrogen and oxygen atoms in total. The van der Waals surface area contributed by atoms with Gasteiger partial charge in [0, 0.05) is 33.3 Å². The van der Waals surface area contributed by atoms with Crippen LogP contribution in [0.2, 0.25) is 0 Å². The van der Waals surface area contributed by atoms with Gasteiger partial charge < -0.3 is 15.3 Å². The zero-order chi connectivity index (χ0) is 16.3. The molecule has 7 heteroatoms. The molecule has 0 aromatic heterocycles. The molecule has 1 aromatic carbocycles. The van der Waals surface area contributed by atoms with Crippen LogP contribution in [0.1, 0.15) is 39.2 Å². The van der Waals surface area contributed by atoms with Crippen LogP contribution in [0.25, 0.3) is 0 Å². The summed E-state index contributed by atoms with van der Waals surface area (Å²) in [6, 6.07) is 6.39. The van der Waals surface area contributed by atoms with Gasteiger partial charge in [-0.3, -0.25) is 14.4 Å². The topological polar surface area (TPSA) is 112 Å². The fraction of sp³-hybridized carbons (Fsp3) is 0.357. The molecule has 0 aliphatic rings. The third kappa shape index (κ3) is 18.3. The van der Waals surface area contributed by atoms with E-state index < -0.39 is 11.9 Å². The van der Waals surface area contributed by atoms with Gasteiger partial charge in [-0.05, 0) is 23.6 Å². The summed E-state index contributed by atoms with van der Waals surface area (Å²) in [5.41, 5.74) is 0.636. The Morgan fingerprint density at radius 2 is 1.43 bits per heavy atom. The van der Waals surface area contributed by atoms with Crippen molar-refractivity contribution in [2.24, 2.45) is 0 Å². The van der Waals surface area contributed by atoms with Crippen LogP contribution in [0.3, 0.4) is 0 Å². The molecule has 21 heavy (non-hydrogen) atoms. The van der Waals surface area contributed by atoms with Crippen molar-refractivity contribution in [2.45, 2.75) is 33.6 Å². The number of aromatic hydroxyl groups is 1. The van der Waals surface area contributed by atoms with Gasteiger partial charge in [0.2, 0.25) is 5.43 Å². The fourth-order valence-electron chi connectivity index (χ4n) is 0.968. The van der Waals surface area contributed by atoms with Crippen molar-refractivity contribution in [2.75, 3.05) is 0 Å². The van der Waals surface area contributed by atoms with E-state index in [1.165, 1.54) is 12.1 Å².